The highest BCUT2D eigenvalue weighted by Crippen LogP contribution is 2.41. The average Bonchev–Trinajstić information content (AvgIpc) is 3.54. The van der Waals surface area contributed by atoms with Crippen LogP contribution in [0.2, 0.25) is 0 Å². The van der Waals surface area contributed by atoms with Crippen LogP contribution in [0, 0.1) is 0 Å². The smallest absolute Gasteiger partial charge is 0.147 e. The molecule has 0 unspecified atom stereocenters. The van der Waals surface area contributed by atoms with Gasteiger partial charge in [0.25, 0.3) is 0 Å². The molecule has 10 aromatic rings. The van der Waals surface area contributed by atoms with E-state index in [9.17, 15) is 0 Å². The average molecular weight is 600 g/mol. The van der Waals surface area contributed by atoms with Crippen molar-refractivity contribution in [1.29, 1.82) is 0 Å². The van der Waals surface area contributed by atoms with Crippen molar-refractivity contribution in [1.82, 2.24) is 15.0 Å². The van der Waals surface area contributed by atoms with E-state index in [1.54, 1.807) is 0 Å². The summed E-state index contributed by atoms with van der Waals surface area (Å²) in [7, 11) is 0. The standard InChI is InChI=1S/C43H25N3O/c1-2-10-27(11-3-1)35-23-20-28-17-18-29-21-24-36(45-41(29)40(28)44-35)30-12-8-13-31(25-30)39-38-33-15-6-7-16-37(33)47-43(38)34-22-19-26-9-4-5-14-32(26)42(34)46-39/h1-25H. The van der Waals surface area contributed by atoms with Gasteiger partial charge >= 0.3 is 0 Å². The van der Waals surface area contributed by atoms with Crippen LogP contribution in [0.5, 0.6) is 0 Å². The van der Waals surface area contributed by atoms with E-state index in [-0.39, 0.29) is 0 Å². The molecular formula is C43H25N3O. The van der Waals surface area contributed by atoms with E-state index < -0.39 is 0 Å². The lowest BCUT2D eigenvalue weighted by Crippen LogP contribution is -1.92. The van der Waals surface area contributed by atoms with Gasteiger partial charge in [-0.05, 0) is 35.7 Å². The lowest BCUT2D eigenvalue weighted by Gasteiger charge is -2.11. The number of pyridine rings is 3. The molecule has 218 valence electrons. The summed E-state index contributed by atoms with van der Waals surface area (Å²) < 4.78 is 6.56. The van der Waals surface area contributed by atoms with Gasteiger partial charge in [-0.25, -0.2) is 15.0 Å². The second-order valence-electron chi connectivity index (χ2n) is 12.0. The monoisotopic (exact) mass is 599 g/mol. The predicted octanol–water partition coefficient (Wildman–Crippen LogP) is 11.4. The fourth-order valence-corrected chi connectivity index (χ4v) is 6.93. The number of aromatic nitrogens is 3. The van der Waals surface area contributed by atoms with E-state index in [1.165, 1.54) is 0 Å². The first kappa shape index (κ1) is 25.9. The molecule has 0 aliphatic heterocycles. The molecule has 4 heteroatoms. The Bertz CT molecular complexity index is 2850. The van der Waals surface area contributed by atoms with Crippen LogP contribution < -0.4 is 0 Å². The van der Waals surface area contributed by atoms with E-state index in [1.807, 2.05) is 30.3 Å². The normalized spacial score (nSPS) is 11.8. The van der Waals surface area contributed by atoms with E-state index in [2.05, 4.69) is 121 Å². The third kappa shape index (κ3) is 4.05. The maximum absolute atomic E-state index is 6.56. The second-order valence-corrected chi connectivity index (χ2v) is 12.0. The van der Waals surface area contributed by atoms with Gasteiger partial charge in [0.1, 0.15) is 11.2 Å². The highest BCUT2D eigenvalue weighted by molar-refractivity contribution is 6.22. The topological polar surface area (TPSA) is 51.8 Å². The Kier molecular flexibility index (Phi) is 5.54. The summed E-state index contributed by atoms with van der Waals surface area (Å²) in [6, 6.07) is 52.4. The largest absolute Gasteiger partial charge is 0.455 e. The maximum Gasteiger partial charge on any atom is 0.147 e. The SMILES string of the molecule is c1ccc(-c2ccc3ccc4ccc(-c5cccc(-c6nc7c8ccccc8ccc7c7oc8ccccc8c67)c5)nc4c3n2)cc1. The third-order valence-corrected chi connectivity index (χ3v) is 9.22. The minimum absolute atomic E-state index is 0.854. The number of rotatable bonds is 3. The van der Waals surface area contributed by atoms with Crippen LogP contribution in [-0.4, -0.2) is 15.0 Å². The first-order valence-corrected chi connectivity index (χ1v) is 15.8. The number of nitrogens with zero attached hydrogens (tertiary/aromatic N) is 3. The van der Waals surface area contributed by atoms with Gasteiger partial charge in [-0.3, -0.25) is 0 Å². The summed E-state index contributed by atoms with van der Waals surface area (Å²) in [6.45, 7) is 0. The molecule has 6 aromatic carbocycles. The first-order valence-electron chi connectivity index (χ1n) is 15.8. The van der Waals surface area contributed by atoms with Gasteiger partial charge in [0, 0.05) is 43.6 Å². The summed E-state index contributed by atoms with van der Waals surface area (Å²) in [6.07, 6.45) is 0. The number of hydrogen-bond acceptors (Lipinski definition) is 4. The Labute approximate surface area is 269 Å². The molecule has 4 heterocycles. The number of hydrogen-bond donors (Lipinski definition) is 0. The van der Waals surface area contributed by atoms with Gasteiger partial charge in [-0.1, -0.05) is 121 Å². The van der Waals surface area contributed by atoms with E-state index >= 15 is 0 Å². The lowest BCUT2D eigenvalue weighted by molar-refractivity contribution is 0.672. The molecule has 0 bridgehead atoms. The molecule has 0 aliphatic carbocycles. The van der Waals surface area contributed by atoms with Gasteiger partial charge in [-0.15, -0.1) is 0 Å². The fourth-order valence-electron chi connectivity index (χ4n) is 6.93. The van der Waals surface area contributed by atoms with Gasteiger partial charge in [-0.2, -0.15) is 0 Å². The van der Waals surface area contributed by atoms with Crippen LogP contribution >= 0.6 is 0 Å². The van der Waals surface area contributed by atoms with Crippen molar-refractivity contribution < 1.29 is 4.42 Å². The van der Waals surface area contributed by atoms with Crippen LogP contribution in [0.3, 0.4) is 0 Å². The zero-order valence-corrected chi connectivity index (χ0v) is 25.2. The zero-order chi connectivity index (χ0) is 30.9. The lowest BCUT2D eigenvalue weighted by atomic mass is 9.98. The molecule has 0 spiro atoms. The fraction of sp³-hybridized carbons (Fsp3) is 0. The molecule has 4 aromatic heterocycles. The van der Waals surface area contributed by atoms with E-state index in [0.29, 0.717) is 0 Å². The molecule has 0 saturated heterocycles. The van der Waals surface area contributed by atoms with Gasteiger partial charge in [0.05, 0.1) is 39.0 Å². The van der Waals surface area contributed by atoms with E-state index in [0.717, 1.165) is 99.2 Å². The Morgan fingerprint density at radius 1 is 0.383 bits per heavy atom. The molecule has 0 fully saturated rings. The van der Waals surface area contributed by atoms with Crippen molar-refractivity contribution in [2.45, 2.75) is 0 Å². The molecule has 10 rings (SSSR count). The molecule has 0 saturated carbocycles. The van der Waals surface area contributed by atoms with Gasteiger partial charge in [0.15, 0.2) is 0 Å². The Morgan fingerprint density at radius 2 is 1.00 bits per heavy atom. The Morgan fingerprint density at radius 3 is 1.81 bits per heavy atom. The van der Waals surface area contributed by atoms with Gasteiger partial charge < -0.3 is 4.42 Å². The molecule has 0 aliphatic rings. The van der Waals surface area contributed by atoms with Crippen LogP contribution in [0.15, 0.2) is 156 Å². The Balaban J connectivity index is 1.19. The Hall–Kier alpha value is -6.39. The van der Waals surface area contributed by atoms with Crippen LogP contribution in [0.25, 0.3) is 99.2 Å². The van der Waals surface area contributed by atoms with Crippen molar-refractivity contribution in [2.24, 2.45) is 0 Å². The van der Waals surface area contributed by atoms with Crippen molar-refractivity contribution in [3.8, 4) is 33.8 Å². The summed E-state index contributed by atoms with van der Waals surface area (Å²) in [5.74, 6) is 0. The summed E-state index contributed by atoms with van der Waals surface area (Å²) >= 11 is 0. The van der Waals surface area contributed by atoms with Crippen molar-refractivity contribution in [3.05, 3.63) is 152 Å². The van der Waals surface area contributed by atoms with Crippen molar-refractivity contribution in [2.75, 3.05) is 0 Å². The predicted molar refractivity (Wildman–Crippen MR) is 193 cm³/mol. The molecule has 0 radical (unpaired) electrons. The molecular weight excluding hydrogens is 574 g/mol. The van der Waals surface area contributed by atoms with E-state index in [4.69, 9.17) is 19.4 Å². The number of benzene rings is 6. The van der Waals surface area contributed by atoms with Gasteiger partial charge in [0.2, 0.25) is 0 Å². The zero-order valence-electron chi connectivity index (χ0n) is 25.2. The molecule has 47 heavy (non-hydrogen) atoms. The summed E-state index contributed by atoms with van der Waals surface area (Å²) in [4.78, 5) is 15.7. The van der Waals surface area contributed by atoms with Crippen molar-refractivity contribution in [3.63, 3.8) is 0 Å². The molecule has 0 atom stereocenters. The summed E-state index contributed by atoms with van der Waals surface area (Å²) in [5.41, 5.74) is 10.3. The second kappa shape index (κ2) is 10.1. The molecule has 0 amide bonds. The minimum atomic E-state index is 0.854. The molecule has 4 nitrogen and oxygen atoms in total. The minimum Gasteiger partial charge on any atom is -0.455 e. The number of para-hydroxylation sites is 1. The first-order chi connectivity index (χ1) is 23.3. The maximum atomic E-state index is 6.56. The van der Waals surface area contributed by atoms with Crippen molar-refractivity contribution >= 4 is 65.4 Å². The number of furan rings is 1. The van der Waals surface area contributed by atoms with Crippen LogP contribution in [0.4, 0.5) is 0 Å². The quantitative estimate of drug-likeness (QED) is 0.190. The highest BCUT2D eigenvalue weighted by atomic mass is 16.3. The third-order valence-electron chi connectivity index (χ3n) is 9.22. The van der Waals surface area contributed by atoms with Crippen LogP contribution in [-0.2, 0) is 0 Å². The molecule has 0 N–H and O–H groups in total. The highest BCUT2D eigenvalue weighted by Gasteiger charge is 2.19. The summed E-state index contributed by atoms with van der Waals surface area (Å²) in [5, 5.41) is 7.48. The van der Waals surface area contributed by atoms with Crippen LogP contribution in [0.1, 0.15) is 0 Å². The number of fused-ring (bicyclic) bond motifs is 10.